The molecule has 0 saturated carbocycles. The molecule has 4 rings (SSSR count). The van der Waals surface area contributed by atoms with E-state index >= 15 is 0 Å². The van der Waals surface area contributed by atoms with Crippen LogP contribution >= 0.6 is 0 Å². The first kappa shape index (κ1) is 16.0. The molecule has 26 heavy (non-hydrogen) atoms. The molecule has 0 aliphatic rings. The monoisotopic (exact) mass is 343 g/mol. The highest BCUT2D eigenvalue weighted by atomic mass is 16.3. The highest BCUT2D eigenvalue weighted by Gasteiger charge is 2.15. The first-order chi connectivity index (χ1) is 12.6. The Kier molecular flexibility index (Phi) is 3.97. The second-order valence-electron chi connectivity index (χ2n) is 6.14. The molecule has 0 aliphatic carbocycles. The lowest BCUT2D eigenvalue weighted by molar-refractivity contribution is 0.102. The van der Waals surface area contributed by atoms with Crippen LogP contribution in [0.2, 0.25) is 0 Å². The SMILES string of the molecule is Cc1ccc(C(=O)Nc2cccc(-c3nc4ncccc4o3)c2C)cc1. The molecule has 5 heteroatoms. The molecule has 1 N–H and O–H groups in total. The normalized spacial score (nSPS) is 10.8. The lowest BCUT2D eigenvalue weighted by atomic mass is 10.1. The highest BCUT2D eigenvalue weighted by molar-refractivity contribution is 6.05. The molecular weight excluding hydrogens is 326 g/mol. The van der Waals surface area contributed by atoms with Gasteiger partial charge in [-0.1, -0.05) is 23.8 Å². The number of hydrogen-bond donors (Lipinski definition) is 1. The van der Waals surface area contributed by atoms with Crippen LogP contribution < -0.4 is 5.32 Å². The Morgan fingerprint density at radius 1 is 1.00 bits per heavy atom. The Morgan fingerprint density at radius 3 is 2.58 bits per heavy atom. The second-order valence-corrected chi connectivity index (χ2v) is 6.14. The number of fused-ring (bicyclic) bond motifs is 1. The molecule has 0 fully saturated rings. The fraction of sp³-hybridized carbons (Fsp3) is 0.0952. The summed E-state index contributed by atoms with van der Waals surface area (Å²) in [7, 11) is 0. The molecule has 5 nitrogen and oxygen atoms in total. The van der Waals surface area contributed by atoms with Crippen LogP contribution in [0.15, 0.2) is 65.2 Å². The van der Waals surface area contributed by atoms with E-state index in [1.807, 2.05) is 68.4 Å². The maximum absolute atomic E-state index is 12.5. The number of anilines is 1. The van der Waals surface area contributed by atoms with E-state index in [9.17, 15) is 4.79 Å². The van der Waals surface area contributed by atoms with Gasteiger partial charge in [0.1, 0.15) is 0 Å². The van der Waals surface area contributed by atoms with Crippen molar-refractivity contribution in [3.63, 3.8) is 0 Å². The number of nitrogens with zero attached hydrogens (tertiary/aromatic N) is 2. The molecule has 1 amide bonds. The molecular formula is C21H17N3O2. The van der Waals surface area contributed by atoms with E-state index in [0.29, 0.717) is 22.7 Å². The fourth-order valence-corrected chi connectivity index (χ4v) is 2.79. The Bertz CT molecular complexity index is 1060. The van der Waals surface area contributed by atoms with Gasteiger partial charge in [0.05, 0.1) is 0 Å². The third-order valence-electron chi connectivity index (χ3n) is 4.29. The largest absolute Gasteiger partial charge is 0.434 e. The number of benzene rings is 2. The number of amides is 1. The molecule has 0 radical (unpaired) electrons. The van der Waals surface area contributed by atoms with E-state index in [1.165, 1.54) is 0 Å². The number of aryl methyl sites for hydroxylation is 1. The molecule has 0 bridgehead atoms. The van der Waals surface area contributed by atoms with Crippen molar-refractivity contribution in [3.8, 4) is 11.5 Å². The molecule has 0 atom stereocenters. The van der Waals surface area contributed by atoms with Gasteiger partial charge in [0.2, 0.25) is 5.89 Å². The van der Waals surface area contributed by atoms with Crippen LogP contribution in [0.25, 0.3) is 22.7 Å². The number of pyridine rings is 1. The summed E-state index contributed by atoms with van der Waals surface area (Å²) in [5.41, 5.74) is 5.37. The summed E-state index contributed by atoms with van der Waals surface area (Å²) in [6, 6.07) is 16.8. The van der Waals surface area contributed by atoms with Gasteiger partial charge in [-0.15, -0.1) is 0 Å². The van der Waals surface area contributed by atoms with Gasteiger partial charge >= 0.3 is 0 Å². The van der Waals surface area contributed by atoms with Gasteiger partial charge in [0, 0.05) is 23.0 Å². The highest BCUT2D eigenvalue weighted by Crippen LogP contribution is 2.30. The quantitative estimate of drug-likeness (QED) is 0.582. The van der Waals surface area contributed by atoms with Crippen molar-refractivity contribution in [2.24, 2.45) is 0 Å². The predicted molar refractivity (Wildman–Crippen MR) is 101 cm³/mol. The van der Waals surface area contributed by atoms with Gasteiger partial charge in [0.15, 0.2) is 11.2 Å². The average Bonchev–Trinajstić information content (AvgIpc) is 3.08. The minimum atomic E-state index is -0.149. The zero-order valence-corrected chi connectivity index (χ0v) is 14.5. The zero-order valence-electron chi connectivity index (χ0n) is 14.5. The summed E-state index contributed by atoms with van der Waals surface area (Å²) < 4.78 is 5.81. The van der Waals surface area contributed by atoms with Crippen molar-refractivity contribution in [2.75, 3.05) is 5.32 Å². The number of rotatable bonds is 3. The Morgan fingerprint density at radius 2 is 1.81 bits per heavy atom. The van der Waals surface area contributed by atoms with Crippen molar-refractivity contribution < 1.29 is 9.21 Å². The second kappa shape index (κ2) is 6.44. The molecule has 0 spiro atoms. The summed E-state index contributed by atoms with van der Waals surface area (Å²) >= 11 is 0. The summed E-state index contributed by atoms with van der Waals surface area (Å²) in [5, 5.41) is 2.97. The molecule has 2 aromatic carbocycles. The van der Waals surface area contributed by atoms with Gasteiger partial charge in [-0.2, -0.15) is 4.98 Å². The summed E-state index contributed by atoms with van der Waals surface area (Å²) in [6.45, 7) is 3.92. The van der Waals surface area contributed by atoms with E-state index < -0.39 is 0 Å². The molecule has 4 aromatic rings. The maximum atomic E-state index is 12.5. The lowest BCUT2D eigenvalue weighted by Gasteiger charge is -2.11. The van der Waals surface area contributed by atoms with E-state index in [-0.39, 0.29) is 5.91 Å². The number of hydrogen-bond acceptors (Lipinski definition) is 4. The lowest BCUT2D eigenvalue weighted by Crippen LogP contribution is -2.12. The molecule has 2 aromatic heterocycles. The Labute approximate surface area is 150 Å². The van der Waals surface area contributed by atoms with E-state index in [1.54, 1.807) is 6.20 Å². The number of carbonyl (C=O) groups is 1. The average molecular weight is 343 g/mol. The van der Waals surface area contributed by atoms with E-state index in [4.69, 9.17) is 4.42 Å². The Balaban J connectivity index is 1.67. The van der Waals surface area contributed by atoms with Crippen LogP contribution in [0.1, 0.15) is 21.5 Å². The smallest absolute Gasteiger partial charge is 0.255 e. The third-order valence-corrected chi connectivity index (χ3v) is 4.29. The maximum Gasteiger partial charge on any atom is 0.255 e. The number of aromatic nitrogens is 2. The summed E-state index contributed by atoms with van der Waals surface area (Å²) in [4.78, 5) is 21.1. The van der Waals surface area contributed by atoms with Crippen LogP contribution in [0.4, 0.5) is 5.69 Å². The molecule has 2 heterocycles. The first-order valence-corrected chi connectivity index (χ1v) is 8.31. The summed E-state index contributed by atoms with van der Waals surface area (Å²) in [6.07, 6.45) is 1.68. The fourth-order valence-electron chi connectivity index (χ4n) is 2.79. The molecule has 0 saturated heterocycles. The van der Waals surface area contributed by atoms with Crippen LogP contribution in [-0.4, -0.2) is 15.9 Å². The molecule has 0 aliphatic heterocycles. The standard InChI is InChI=1S/C21H17N3O2/c1-13-8-10-15(11-9-13)20(25)23-17-6-3-5-16(14(17)2)21-24-19-18(26-21)7-4-12-22-19/h3-12H,1-2H3,(H,23,25). The third kappa shape index (κ3) is 2.95. The van der Waals surface area contributed by atoms with Gasteiger partial charge in [-0.25, -0.2) is 4.98 Å². The van der Waals surface area contributed by atoms with Crippen LogP contribution in [0, 0.1) is 13.8 Å². The number of carbonyl (C=O) groups excluding carboxylic acids is 1. The minimum absolute atomic E-state index is 0.149. The topological polar surface area (TPSA) is 68.0 Å². The van der Waals surface area contributed by atoms with E-state index in [0.717, 1.165) is 22.4 Å². The van der Waals surface area contributed by atoms with Gasteiger partial charge < -0.3 is 9.73 Å². The van der Waals surface area contributed by atoms with Crippen molar-refractivity contribution >= 4 is 22.8 Å². The summed E-state index contributed by atoms with van der Waals surface area (Å²) in [5.74, 6) is 0.340. The van der Waals surface area contributed by atoms with E-state index in [2.05, 4.69) is 15.3 Å². The zero-order chi connectivity index (χ0) is 18.1. The van der Waals surface area contributed by atoms with Crippen molar-refractivity contribution in [1.29, 1.82) is 0 Å². The van der Waals surface area contributed by atoms with Crippen LogP contribution in [-0.2, 0) is 0 Å². The number of oxazole rings is 1. The van der Waals surface area contributed by atoms with Gasteiger partial charge in [0.25, 0.3) is 5.91 Å². The van der Waals surface area contributed by atoms with Gasteiger partial charge in [-0.05, 0) is 55.8 Å². The Hall–Kier alpha value is -3.47. The van der Waals surface area contributed by atoms with Crippen LogP contribution in [0.5, 0.6) is 0 Å². The number of nitrogens with one attached hydrogen (secondary N) is 1. The van der Waals surface area contributed by atoms with Crippen molar-refractivity contribution in [1.82, 2.24) is 9.97 Å². The van der Waals surface area contributed by atoms with Crippen molar-refractivity contribution in [3.05, 3.63) is 77.5 Å². The van der Waals surface area contributed by atoms with Crippen LogP contribution in [0.3, 0.4) is 0 Å². The predicted octanol–water partition coefficient (Wildman–Crippen LogP) is 4.76. The molecule has 0 unspecified atom stereocenters. The van der Waals surface area contributed by atoms with Gasteiger partial charge in [-0.3, -0.25) is 4.79 Å². The minimum Gasteiger partial charge on any atom is -0.434 e. The van der Waals surface area contributed by atoms with Crippen molar-refractivity contribution in [2.45, 2.75) is 13.8 Å². The molecule has 128 valence electrons. The first-order valence-electron chi connectivity index (χ1n) is 8.31.